The zero-order valence-corrected chi connectivity index (χ0v) is 9.49. The maximum Gasteiger partial charge on any atom is 0.178 e. The summed E-state index contributed by atoms with van der Waals surface area (Å²) in [5.74, 6) is 1.52. The number of hydrogen-bond acceptors (Lipinski definition) is 5. The average Bonchev–Trinajstić information content (AvgIpc) is 2.79. The second-order valence-electron chi connectivity index (χ2n) is 3.50. The number of hydrogen-bond donors (Lipinski definition) is 1. The minimum absolute atomic E-state index is 0.510. The second kappa shape index (κ2) is 5.95. The van der Waals surface area contributed by atoms with Gasteiger partial charge in [-0.05, 0) is 17.3 Å². The van der Waals surface area contributed by atoms with Crippen molar-refractivity contribution in [3.63, 3.8) is 0 Å². The third-order valence-electron chi connectivity index (χ3n) is 2.16. The Morgan fingerprint density at radius 3 is 2.82 bits per heavy atom. The monoisotopic (exact) mass is 233 g/mol. The number of nitrogens with two attached hydrogens (primary N) is 1. The molecule has 0 saturated heterocycles. The van der Waals surface area contributed by atoms with Crippen LogP contribution in [0.5, 0.6) is 5.75 Å². The Bertz CT molecular complexity index is 442. The van der Waals surface area contributed by atoms with Crippen LogP contribution in [0.4, 0.5) is 0 Å². The van der Waals surface area contributed by atoms with Gasteiger partial charge < -0.3 is 10.5 Å². The van der Waals surface area contributed by atoms with Gasteiger partial charge >= 0.3 is 0 Å². The lowest BCUT2D eigenvalue weighted by atomic mass is 10.3. The van der Waals surface area contributed by atoms with Crippen molar-refractivity contribution in [2.75, 3.05) is 13.2 Å². The van der Waals surface area contributed by atoms with Gasteiger partial charge in [-0.2, -0.15) is 4.80 Å². The maximum atomic E-state index is 5.54. The molecule has 0 amide bonds. The first-order valence-electron chi connectivity index (χ1n) is 5.53. The molecule has 1 aromatic heterocycles. The fourth-order valence-corrected chi connectivity index (χ4v) is 1.36. The molecule has 0 unspecified atom stereocenters. The predicted molar refractivity (Wildman–Crippen MR) is 62.5 cm³/mol. The lowest BCUT2D eigenvalue weighted by molar-refractivity contribution is 0.318. The van der Waals surface area contributed by atoms with Crippen molar-refractivity contribution >= 4 is 0 Å². The predicted octanol–water partition coefficient (Wildman–Crippen LogP) is 0.253. The first-order valence-corrected chi connectivity index (χ1v) is 5.53. The van der Waals surface area contributed by atoms with Crippen LogP contribution in [-0.4, -0.2) is 33.4 Å². The molecule has 0 fully saturated rings. The van der Waals surface area contributed by atoms with Crippen molar-refractivity contribution in [3.8, 4) is 5.75 Å². The molecule has 0 aliphatic rings. The van der Waals surface area contributed by atoms with Crippen molar-refractivity contribution in [1.29, 1.82) is 0 Å². The van der Waals surface area contributed by atoms with Gasteiger partial charge in [0, 0.05) is 13.0 Å². The smallest absolute Gasteiger partial charge is 0.178 e. The van der Waals surface area contributed by atoms with E-state index >= 15 is 0 Å². The Morgan fingerprint density at radius 2 is 2.06 bits per heavy atom. The van der Waals surface area contributed by atoms with E-state index in [4.69, 9.17) is 10.5 Å². The van der Waals surface area contributed by atoms with E-state index in [0.717, 1.165) is 5.75 Å². The summed E-state index contributed by atoms with van der Waals surface area (Å²) in [6.07, 6.45) is 0.638. The van der Waals surface area contributed by atoms with Gasteiger partial charge in [0.2, 0.25) is 0 Å². The van der Waals surface area contributed by atoms with E-state index in [-0.39, 0.29) is 0 Å². The standard InChI is InChI=1S/C11H15N5O/c12-7-8-16-14-11(13-15-16)6-9-17-10-4-2-1-3-5-10/h1-5H,6-9,12H2. The highest BCUT2D eigenvalue weighted by molar-refractivity contribution is 5.20. The first-order chi connectivity index (χ1) is 8.38. The van der Waals surface area contributed by atoms with Crippen LogP contribution in [0, 0.1) is 0 Å². The van der Waals surface area contributed by atoms with Crippen molar-refractivity contribution in [1.82, 2.24) is 20.2 Å². The summed E-state index contributed by atoms with van der Waals surface area (Å²) < 4.78 is 5.54. The fraction of sp³-hybridized carbons (Fsp3) is 0.364. The number of tetrazole rings is 1. The van der Waals surface area contributed by atoms with Crippen molar-refractivity contribution in [2.45, 2.75) is 13.0 Å². The van der Waals surface area contributed by atoms with Gasteiger partial charge in [0.05, 0.1) is 13.2 Å². The molecule has 1 heterocycles. The number of aromatic nitrogens is 4. The maximum absolute atomic E-state index is 5.54. The summed E-state index contributed by atoms with van der Waals surface area (Å²) >= 11 is 0. The van der Waals surface area contributed by atoms with Gasteiger partial charge in [-0.25, -0.2) is 0 Å². The zero-order valence-electron chi connectivity index (χ0n) is 9.49. The molecule has 0 atom stereocenters. The molecule has 2 rings (SSSR count). The van der Waals surface area contributed by atoms with Crippen LogP contribution in [-0.2, 0) is 13.0 Å². The average molecular weight is 233 g/mol. The highest BCUT2D eigenvalue weighted by Crippen LogP contribution is 2.08. The Labute approximate surface area is 99.4 Å². The lowest BCUT2D eigenvalue weighted by Gasteiger charge is -2.02. The van der Waals surface area contributed by atoms with E-state index in [1.54, 1.807) is 0 Å². The Hall–Kier alpha value is -1.95. The lowest BCUT2D eigenvalue weighted by Crippen LogP contribution is -2.12. The van der Waals surface area contributed by atoms with Crippen molar-refractivity contribution < 1.29 is 4.74 Å². The number of rotatable bonds is 6. The molecule has 0 aliphatic heterocycles. The molecule has 0 radical (unpaired) electrons. The van der Waals surface area contributed by atoms with Gasteiger partial charge in [0.25, 0.3) is 0 Å². The molecule has 0 aliphatic carbocycles. The molecule has 0 bridgehead atoms. The number of nitrogens with zero attached hydrogens (tertiary/aromatic N) is 4. The third kappa shape index (κ3) is 3.53. The van der Waals surface area contributed by atoms with Crippen LogP contribution in [0.15, 0.2) is 30.3 Å². The van der Waals surface area contributed by atoms with E-state index in [9.17, 15) is 0 Å². The molecule has 6 nitrogen and oxygen atoms in total. The van der Waals surface area contributed by atoms with Gasteiger partial charge in [-0.15, -0.1) is 10.2 Å². The van der Waals surface area contributed by atoms with Crippen LogP contribution in [0.25, 0.3) is 0 Å². The van der Waals surface area contributed by atoms with E-state index < -0.39 is 0 Å². The molecule has 6 heteroatoms. The summed E-state index contributed by atoms with van der Waals surface area (Å²) in [6.45, 7) is 1.64. The second-order valence-corrected chi connectivity index (χ2v) is 3.50. The summed E-state index contributed by atoms with van der Waals surface area (Å²) in [5.41, 5.74) is 5.39. The molecule has 90 valence electrons. The summed E-state index contributed by atoms with van der Waals surface area (Å²) in [6, 6.07) is 9.65. The van der Waals surface area contributed by atoms with Crippen LogP contribution in [0.1, 0.15) is 5.82 Å². The highest BCUT2D eigenvalue weighted by Gasteiger charge is 2.02. The molecule has 0 spiro atoms. The number of para-hydroxylation sites is 1. The minimum Gasteiger partial charge on any atom is -0.493 e. The molecule has 17 heavy (non-hydrogen) atoms. The summed E-state index contributed by atoms with van der Waals surface area (Å²) in [4.78, 5) is 1.50. The van der Waals surface area contributed by atoms with Crippen LogP contribution in [0.2, 0.25) is 0 Å². The first kappa shape index (κ1) is 11.5. The van der Waals surface area contributed by atoms with E-state index in [1.165, 1.54) is 4.80 Å². The van der Waals surface area contributed by atoms with Gasteiger partial charge in [-0.3, -0.25) is 0 Å². The number of benzene rings is 1. The van der Waals surface area contributed by atoms with E-state index in [0.29, 0.717) is 31.9 Å². The normalized spacial score (nSPS) is 10.4. The topological polar surface area (TPSA) is 78.9 Å². The van der Waals surface area contributed by atoms with Crippen LogP contribution < -0.4 is 10.5 Å². The summed E-state index contributed by atoms with van der Waals surface area (Å²) in [5, 5.41) is 11.9. The fourth-order valence-electron chi connectivity index (χ4n) is 1.36. The highest BCUT2D eigenvalue weighted by atomic mass is 16.5. The van der Waals surface area contributed by atoms with Crippen LogP contribution in [0.3, 0.4) is 0 Å². The minimum atomic E-state index is 0.510. The quantitative estimate of drug-likeness (QED) is 0.774. The molecular formula is C11H15N5O. The third-order valence-corrected chi connectivity index (χ3v) is 2.16. The Morgan fingerprint density at radius 1 is 1.24 bits per heavy atom. The van der Waals surface area contributed by atoms with Gasteiger partial charge in [0.1, 0.15) is 5.75 Å². The van der Waals surface area contributed by atoms with Gasteiger partial charge in [0.15, 0.2) is 5.82 Å². The SMILES string of the molecule is NCCn1nnc(CCOc2ccccc2)n1. The zero-order chi connectivity index (χ0) is 11.9. The molecular weight excluding hydrogens is 218 g/mol. The van der Waals surface area contributed by atoms with Gasteiger partial charge in [-0.1, -0.05) is 18.2 Å². The molecule has 2 N–H and O–H groups in total. The Kier molecular flexibility index (Phi) is 4.04. The van der Waals surface area contributed by atoms with E-state index in [1.807, 2.05) is 30.3 Å². The summed E-state index contributed by atoms with van der Waals surface area (Å²) in [7, 11) is 0. The van der Waals surface area contributed by atoms with Crippen LogP contribution >= 0.6 is 0 Å². The Balaban J connectivity index is 1.78. The largest absolute Gasteiger partial charge is 0.493 e. The van der Waals surface area contributed by atoms with Crippen molar-refractivity contribution in [2.24, 2.45) is 5.73 Å². The van der Waals surface area contributed by atoms with Crippen molar-refractivity contribution in [3.05, 3.63) is 36.2 Å². The number of ether oxygens (including phenoxy) is 1. The van der Waals surface area contributed by atoms with E-state index in [2.05, 4.69) is 15.4 Å². The molecule has 2 aromatic rings. The molecule has 0 saturated carbocycles. The molecule has 1 aromatic carbocycles.